The monoisotopic (exact) mass is 310 g/mol. The van der Waals surface area contributed by atoms with Crippen molar-refractivity contribution in [3.8, 4) is 0 Å². The van der Waals surface area contributed by atoms with Gasteiger partial charge in [-0.15, -0.1) is 0 Å². The van der Waals surface area contributed by atoms with Gasteiger partial charge < -0.3 is 0 Å². The van der Waals surface area contributed by atoms with E-state index in [4.69, 9.17) is 0 Å². The summed E-state index contributed by atoms with van der Waals surface area (Å²) in [5, 5.41) is 0. The molecule has 0 unspecified atom stereocenters. The fourth-order valence-electron chi connectivity index (χ4n) is 0. The molecule has 0 saturated heterocycles. The maximum absolute atomic E-state index is 2.24. The molecule has 0 spiro atoms. The lowest BCUT2D eigenvalue weighted by Crippen LogP contribution is -1.95. The predicted molar refractivity (Wildman–Crippen MR) is 110 cm³/mol. The molecule has 0 aromatic rings. The zero-order chi connectivity index (χ0) is 18.9. The lowest BCUT2D eigenvalue weighted by molar-refractivity contribution is 0.457. The highest BCUT2D eigenvalue weighted by atomic mass is 14.0. The highest BCUT2D eigenvalue weighted by molar-refractivity contribution is 5.02. The van der Waals surface area contributed by atoms with E-state index in [2.05, 4.69) is 95.2 Å². The molecule has 0 fully saturated rings. The lowest BCUT2D eigenvalue weighted by Gasteiger charge is -2.05. The summed E-state index contributed by atoms with van der Waals surface area (Å²) < 4.78 is 0. The Kier molecular flexibility index (Phi) is 26.9. The van der Waals surface area contributed by atoms with Crippen LogP contribution in [0.2, 0.25) is 0 Å². The Morgan fingerprint density at radius 2 is 0.636 bits per heavy atom. The third-order valence-corrected chi connectivity index (χ3v) is 3.49. The van der Waals surface area contributed by atoms with Gasteiger partial charge in [0.2, 0.25) is 0 Å². The van der Waals surface area contributed by atoms with E-state index >= 15 is 0 Å². The largest absolute Gasteiger partial charge is 0.0890 e. The van der Waals surface area contributed by atoms with Crippen LogP contribution in [0.3, 0.4) is 0 Å². The maximum atomic E-state index is 2.24. The van der Waals surface area contributed by atoms with Crippen molar-refractivity contribution in [2.45, 2.75) is 96.9 Å². The Labute approximate surface area is 143 Å². The van der Waals surface area contributed by atoms with Gasteiger partial charge in [-0.05, 0) is 81.1 Å². The van der Waals surface area contributed by atoms with Gasteiger partial charge in [0.15, 0.2) is 0 Å². The van der Waals surface area contributed by atoms with E-state index < -0.39 is 0 Å². The second-order valence-corrected chi connectivity index (χ2v) is 7.22. The van der Waals surface area contributed by atoms with E-state index in [1.54, 1.807) is 0 Å². The molecule has 0 aliphatic rings. The first-order valence-corrected chi connectivity index (χ1v) is 8.62. The zero-order valence-electron chi connectivity index (χ0n) is 18.3. The summed E-state index contributed by atoms with van der Waals surface area (Å²) in [6.45, 7) is 29.9. The summed E-state index contributed by atoms with van der Waals surface area (Å²) in [5.41, 5.74) is 5.61. The van der Waals surface area contributed by atoms with Crippen LogP contribution in [0.15, 0.2) is 34.4 Å². The first-order valence-electron chi connectivity index (χ1n) is 8.62. The quantitative estimate of drug-likeness (QED) is 0.425. The molecule has 0 saturated carbocycles. The number of hydrogen-bond donors (Lipinski definition) is 0. The average Bonchev–Trinajstić information content (AvgIpc) is 2.40. The molecule has 0 N–H and O–H groups in total. The van der Waals surface area contributed by atoms with Crippen LogP contribution in [0, 0.1) is 11.8 Å². The van der Waals surface area contributed by atoms with Gasteiger partial charge in [0.05, 0.1) is 0 Å². The third kappa shape index (κ3) is 50.7. The summed E-state index contributed by atoms with van der Waals surface area (Å²) in [5.74, 6) is 1.70. The normalized spacial score (nSPS) is 8.36. The zero-order valence-corrected chi connectivity index (χ0v) is 18.3. The van der Waals surface area contributed by atoms with Crippen molar-refractivity contribution >= 4 is 0 Å². The molecule has 0 bridgehead atoms. The van der Waals surface area contributed by atoms with Crippen molar-refractivity contribution in [2.75, 3.05) is 0 Å². The molecule has 22 heavy (non-hydrogen) atoms. The molecule has 0 heterocycles. The minimum Gasteiger partial charge on any atom is -0.0890 e. The Morgan fingerprint density at radius 3 is 0.636 bits per heavy atom. The van der Waals surface area contributed by atoms with Crippen molar-refractivity contribution in [1.82, 2.24) is 0 Å². The van der Waals surface area contributed by atoms with Crippen LogP contribution in [0.5, 0.6) is 0 Å². The van der Waals surface area contributed by atoms with E-state index in [0.717, 1.165) is 11.8 Å². The van der Waals surface area contributed by atoms with Crippen LogP contribution < -0.4 is 0 Å². The summed E-state index contributed by atoms with van der Waals surface area (Å²) in [6.07, 6.45) is 4.17. The van der Waals surface area contributed by atoms with E-state index in [1.165, 1.54) is 22.3 Å². The second kappa shape index (κ2) is 20.2. The smallest absolute Gasteiger partial charge is 0.0440 e. The molecule has 0 atom stereocenters. The summed E-state index contributed by atoms with van der Waals surface area (Å²) in [6, 6.07) is 0. The standard InChI is InChI=1S/C6H14.C6H12.2C5H10/c2*1-5(2)6(3)4;2*1-4-5(2)3/h5-6H,1-4H3;1-4H3;2*4H,1-3H3. The Balaban J connectivity index is -0.0000000986. The van der Waals surface area contributed by atoms with Crippen LogP contribution in [0.25, 0.3) is 0 Å². The van der Waals surface area contributed by atoms with E-state index in [9.17, 15) is 0 Å². The minimum atomic E-state index is 0.852. The topological polar surface area (TPSA) is 0 Å². The molecule has 0 heteroatoms. The molecule has 0 aliphatic carbocycles. The van der Waals surface area contributed by atoms with Crippen molar-refractivity contribution in [3.63, 3.8) is 0 Å². The van der Waals surface area contributed by atoms with Crippen LogP contribution in [0.1, 0.15) is 96.9 Å². The van der Waals surface area contributed by atoms with Crippen LogP contribution in [-0.4, -0.2) is 0 Å². The molecule has 0 aromatic carbocycles. The SMILES string of the molecule is CC(C)=C(C)C.CC(C)C(C)C.CC=C(C)C.CC=C(C)C. The molecule has 0 amide bonds. The van der Waals surface area contributed by atoms with E-state index in [1.807, 2.05) is 13.8 Å². The molecule has 0 aromatic heterocycles. The average molecular weight is 311 g/mol. The molecule has 0 aliphatic heterocycles. The molecule has 134 valence electrons. The second-order valence-electron chi connectivity index (χ2n) is 7.22. The highest BCUT2D eigenvalue weighted by Gasteiger charge is 1.95. The molecule has 0 radical (unpaired) electrons. The Morgan fingerprint density at radius 1 is 0.500 bits per heavy atom. The van der Waals surface area contributed by atoms with Crippen LogP contribution in [0.4, 0.5) is 0 Å². The first kappa shape index (κ1) is 29.3. The predicted octanol–water partition coefficient (Wildman–Crippen LogP) is 8.61. The van der Waals surface area contributed by atoms with Gasteiger partial charge >= 0.3 is 0 Å². The minimum absolute atomic E-state index is 0.852. The molecule has 0 rings (SSSR count). The van der Waals surface area contributed by atoms with Gasteiger partial charge in [0.1, 0.15) is 0 Å². The van der Waals surface area contributed by atoms with Crippen molar-refractivity contribution in [3.05, 3.63) is 34.4 Å². The van der Waals surface area contributed by atoms with E-state index in [0.29, 0.717) is 0 Å². The Hall–Kier alpha value is -0.780. The van der Waals surface area contributed by atoms with E-state index in [-0.39, 0.29) is 0 Å². The Bertz CT molecular complexity index is 261. The number of rotatable bonds is 1. The summed E-state index contributed by atoms with van der Waals surface area (Å²) in [4.78, 5) is 0. The lowest BCUT2D eigenvalue weighted by atomic mass is 10.0. The summed E-state index contributed by atoms with van der Waals surface area (Å²) in [7, 11) is 0. The van der Waals surface area contributed by atoms with Crippen LogP contribution >= 0.6 is 0 Å². The van der Waals surface area contributed by atoms with Gasteiger partial charge in [-0.1, -0.05) is 62.1 Å². The number of allylic oxidation sites excluding steroid dienone is 6. The first-order chi connectivity index (χ1) is 9.83. The number of hydrogen-bond acceptors (Lipinski definition) is 0. The van der Waals surface area contributed by atoms with Crippen LogP contribution in [-0.2, 0) is 0 Å². The third-order valence-electron chi connectivity index (χ3n) is 3.49. The van der Waals surface area contributed by atoms with Crippen molar-refractivity contribution < 1.29 is 0 Å². The maximum Gasteiger partial charge on any atom is -0.0440 e. The van der Waals surface area contributed by atoms with Gasteiger partial charge in [-0.3, -0.25) is 0 Å². The van der Waals surface area contributed by atoms with Gasteiger partial charge in [0, 0.05) is 0 Å². The molecule has 0 nitrogen and oxygen atoms in total. The highest BCUT2D eigenvalue weighted by Crippen LogP contribution is 2.05. The summed E-state index contributed by atoms with van der Waals surface area (Å²) >= 11 is 0. The van der Waals surface area contributed by atoms with Gasteiger partial charge in [-0.25, -0.2) is 0 Å². The van der Waals surface area contributed by atoms with Gasteiger partial charge in [0.25, 0.3) is 0 Å². The van der Waals surface area contributed by atoms with Gasteiger partial charge in [-0.2, -0.15) is 0 Å². The molecular formula is C22H46. The fraction of sp³-hybridized carbons (Fsp3) is 0.727. The molecular weight excluding hydrogens is 264 g/mol. The van der Waals surface area contributed by atoms with Crippen molar-refractivity contribution in [1.29, 1.82) is 0 Å². The fourth-order valence-corrected chi connectivity index (χ4v) is 0. The van der Waals surface area contributed by atoms with Crippen molar-refractivity contribution in [2.24, 2.45) is 11.8 Å².